The van der Waals surface area contributed by atoms with Crippen LogP contribution in [0.15, 0.2) is 24.3 Å². The van der Waals surface area contributed by atoms with Gasteiger partial charge in [0.15, 0.2) is 11.6 Å². The zero-order valence-corrected chi connectivity index (χ0v) is 12.0. The van der Waals surface area contributed by atoms with Crippen LogP contribution in [0.25, 0.3) is 0 Å². The van der Waals surface area contributed by atoms with Crippen LogP contribution in [0.2, 0.25) is 0 Å². The summed E-state index contributed by atoms with van der Waals surface area (Å²) in [6, 6.07) is 5.37. The lowest BCUT2D eigenvalue weighted by Gasteiger charge is -2.30. The maximum Gasteiger partial charge on any atom is 0.274 e. The quantitative estimate of drug-likeness (QED) is 0.860. The van der Waals surface area contributed by atoms with E-state index in [-0.39, 0.29) is 12.4 Å². The minimum absolute atomic E-state index is 0.0130. The molecule has 0 amide bonds. The minimum Gasteiger partial charge on any atom is -0.489 e. The Morgan fingerprint density at radius 1 is 1.37 bits per heavy atom. The molecule has 5 nitrogen and oxygen atoms in total. The summed E-state index contributed by atoms with van der Waals surface area (Å²) in [7, 11) is -3.84. The third-order valence-electron chi connectivity index (χ3n) is 2.59. The number of ether oxygens (including phenoxy) is 1. The molecule has 0 aliphatic carbocycles. The first-order chi connectivity index (χ1) is 8.59. The van der Waals surface area contributed by atoms with Gasteiger partial charge in [0.05, 0.1) is 6.04 Å². The molecule has 0 saturated heterocycles. The highest BCUT2D eigenvalue weighted by atomic mass is 32.2. The topological polar surface area (TPSA) is 81.4 Å². The van der Waals surface area contributed by atoms with Gasteiger partial charge in [-0.1, -0.05) is 32.9 Å². The molecule has 0 saturated carbocycles. The normalized spacial score (nSPS) is 14.2. The predicted molar refractivity (Wildman–Crippen MR) is 71.4 cm³/mol. The van der Waals surface area contributed by atoms with E-state index in [1.54, 1.807) is 12.1 Å². The molecule has 0 fully saturated rings. The molecule has 0 unspecified atom stereocenters. The van der Waals surface area contributed by atoms with Crippen molar-refractivity contribution in [1.82, 2.24) is 4.72 Å². The maximum atomic E-state index is 13.4. The zero-order valence-electron chi connectivity index (χ0n) is 11.2. The highest BCUT2D eigenvalue weighted by molar-refractivity contribution is 7.87. The summed E-state index contributed by atoms with van der Waals surface area (Å²) >= 11 is 0. The number of rotatable bonds is 5. The first kappa shape index (κ1) is 15.9. The van der Waals surface area contributed by atoms with Gasteiger partial charge >= 0.3 is 0 Å². The molecule has 1 rings (SSSR count). The van der Waals surface area contributed by atoms with Gasteiger partial charge in [0.2, 0.25) is 0 Å². The summed E-state index contributed by atoms with van der Waals surface area (Å²) in [6.07, 6.45) is 0. The second-order valence-corrected chi connectivity index (χ2v) is 6.65. The van der Waals surface area contributed by atoms with Gasteiger partial charge in [0.25, 0.3) is 10.2 Å². The molecule has 0 aliphatic rings. The molecule has 1 atom stereocenters. The van der Waals surface area contributed by atoms with Crippen LogP contribution in [0.4, 0.5) is 4.39 Å². The monoisotopic (exact) mass is 290 g/mol. The van der Waals surface area contributed by atoms with Crippen molar-refractivity contribution in [1.29, 1.82) is 0 Å². The fourth-order valence-corrected chi connectivity index (χ4v) is 2.21. The molecule has 19 heavy (non-hydrogen) atoms. The number of nitrogens with one attached hydrogen (secondary N) is 1. The van der Waals surface area contributed by atoms with Crippen LogP contribution in [-0.2, 0) is 10.2 Å². The van der Waals surface area contributed by atoms with E-state index in [0.29, 0.717) is 0 Å². The lowest BCUT2D eigenvalue weighted by molar-refractivity contribution is 0.187. The molecular weight excluding hydrogens is 271 g/mol. The lowest BCUT2D eigenvalue weighted by Crippen LogP contribution is -2.49. The second-order valence-electron chi connectivity index (χ2n) is 5.32. The molecular formula is C12H19FN2O3S. The Bertz CT molecular complexity index is 526. The number of hydrogen-bond donors (Lipinski definition) is 2. The van der Waals surface area contributed by atoms with E-state index in [1.165, 1.54) is 12.1 Å². The van der Waals surface area contributed by atoms with Gasteiger partial charge in [-0.2, -0.15) is 13.1 Å². The first-order valence-electron chi connectivity index (χ1n) is 5.77. The summed E-state index contributed by atoms with van der Waals surface area (Å²) in [5.74, 6) is -0.418. The Kier molecular flexibility index (Phi) is 4.89. The van der Waals surface area contributed by atoms with Gasteiger partial charge in [-0.3, -0.25) is 0 Å². The van der Waals surface area contributed by atoms with E-state index in [2.05, 4.69) is 4.72 Å². The molecule has 0 heterocycles. The zero-order chi connectivity index (χ0) is 14.7. The van der Waals surface area contributed by atoms with Crippen LogP contribution < -0.4 is 14.6 Å². The van der Waals surface area contributed by atoms with Crippen molar-refractivity contribution in [2.24, 2.45) is 10.6 Å². The highest BCUT2D eigenvalue weighted by Crippen LogP contribution is 2.22. The fourth-order valence-electron chi connectivity index (χ4n) is 1.39. The number of benzene rings is 1. The van der Waals surface area contributed by atoms with Crippen molar-refractivity contribution >= 4 is 10.2 Å². The second kappa shape index (κ2) is 5.85. The van der Waals surface area contributed by atoms with Crippen LogP contribution in [0.3, 0.4) is 0 Å². The van der Waals surface area contributed by atoms with Crippen LogP contribution in [-0.4, -0.2) is 21.1 Å². The largest absolute Gasteiger partial charge is 0.489 e. The van der Waals surface area contributed by atoms with E-state index in [4.69, 9.17) is 9.88 Å². The lowest BCUT2D eigenvalue weighted by atomic mass is 9.88. The molecule has 3 N–H and O–H groups in total. The Morgan fingerprint density at radius 2 is 1.95 bits per heavy atom. The minimum atomic E-state index is -3.84. The summed E-state index contributed by atoms with van der Waals surface area (Å²) in [5, 5.41) is 4.96. The molecule has 0 aliphatic heterocycles. The number of para-hydroxylation sites is 1. The SMILES string of the molecule is CC(C)(C)[C@H](COc1ccccc1F)NS(N)(=O)=O. The number of nitrogens with two attached hydrogens (primary N) is 1. The van der Waals surface area contributed by atoms with E-state index in [9.17, 15) is 12.8 Å². The molecule has 0 spiro atoms. The summed E-state index contributed by atoms with van der Waals surface area (Å²) in [4.78, 5) is 0. The molecule has 1 aromatic rings. The predicted octanol–water partition coefficient (Wildman–Crippen LogP) is 1.41. The Labute approximate surface area is 113 Å². The highest BCUT2D eigenvalue weighted by Gasteiger charge is 2.28. The molecule has 0 radical (unpaired) electrons. The van der Waals surface area contributed by atoms with Crippen LogP contribution in [0.1, 0.15) is 20.8 Å². The summed E-state index contributed by atoms with van der Waals surface area (Å²) < 4.78 is 43.2. The maximum absolute atomic E-state index is 13.4. The van der Waals surface area contributed by atoms with Crippen LogP contribution in [0.5, 0.6) is 5.75 Å². The van der Waals surface area contributed by atoms with Crippen molar-refractivity contribution in [3.8, 4) is 5.75 Å². The van der Waals surface area contributed by atoms with E-state index in [1.807, 2.05) is 20.8 Å². The molecule has 7 heteroatoms. The van der Waals surface area contributed by atoms with Crippen LogP contribution >= 0.6 is 0 Å². The van der Waals surface area contributed by atoms with Crippen molar-refractivity contribution < 1.29 is 17.5 Å². The third kappa shape index (κ3) is 5.54. The first-order valence-corrected chi connectivity index (χ1v) is 7.31. The average Bonchev–Trinajstić information content (AvgIpc) is 2.23. The summed E-state index contributed by atoms with van der Waals surface area (Å²) in [6.45, 7) is 5.49. The van der Waals surface area contributed by atoms with E-state index < -0.39 is 27.5 Å². The van der Waals surface area contributed by atoms with Crippen molar-refractivity contribution in [2.45, 2.75) is 26.8 Å². The van der Waals surface area contributed by atoms with Gasteiger partial charge < -0.3 is 4.74 Å². The van der Waals surface area contributed by atoms with Gasteiger partial charge in [-0.15, -0.1) is 0 Å². The smallest absolute Gasteiger partial charge is 0.274 e. The Hall–Kier alpha value is -1.18. The fraction of sp³-hybridized carbons (Fsp3) is 0.500. The Balaban J connectivity index is 2.77. The van der Waals surface area contributed by atoms with Crippen LogP contribution in [0, 0.1) is 11.2 Å². The molecule has 1 aromatic carbocycles. The van der Waals surface area contributed by atoms with Gasteiger partial charge in [0.1, 0.15) is 6.61 Å². The third-order valence-corrected chi connectivity index (χ3v) is 3.21. The van der Waals surface area contributed by atoms with Crippen molar-refractivity contribution in [3.63, 3.8) is 0 Å². The van der Waals surface area contributed by atoms with Crippen molar-refractivity contribution in [2.75, 3.05) is 6.61 Å². The van der Waals surface area contributed by atoms with Gasteiger partial charge in [-0.25, -0.2) is 9.53 Å². The van der Waals surface area contributed by atoms with E-state index in [0.717, 1.165) is 0 Å². The average molecular weight is 290 g/mol. The standard InChI is InChI=1S/C12H19FN2O3S/c1-12(2,3)11(15-19(14,16)17)8-18-10-7-5-4-6-9(10)13/h4-7,11,15H,8H2,1-3H3,(H2,14,16,17)/t11-/m0/s1. The van der Waals surface area contributed by atoms with Gasteiger partial charge in [0, 0.05) is 0 Å². The number of halogens is 1. The summed E-state index contributed by atoms with van der Waals surface area (Å²) in [5.41, 5.74) is -0.419. The molecule has 0 aromatic heterocycles. The number of hydrogen-bond acceptors (Lipinski definition) is 3. The molecule has 0 bridgehead atoms. The Morgan fingerprint density at radius 3 is 2.42 bits per heavy atom. The van der Waals surface area contributed by atoms with Crippen molar-refractivity contribution in [3.05, 3.63) is 30.1 Å². The van der Waals surface area contributed by atoms with E-state index >= 15 is 0 Å². The van der Waals surface area contributed by atoms with Gasteiger partial charge in [-0.05, 0) is 17.5 Å². The molecule has 108 valence electrons.